The number of carbonyl (C=O) groups is 1. The minimum Gasteiger partial charge on any atom is -0.369 e. The van der Waals surface area contributed by atoms with Gasteiger partial charge in [-0.15, -0.1) is 0 Å². The van der Waals surface area contributed by atoms with Gasteiger partial charge in [-0.05, 0) is 12.5 Å². The Morgan fingerprint density at radius 2 is 2.12 bits per heavy atom. The van der Waals surface area contributed by atoms with Crippen LogP contribution in [0.15, 0.2) is 12.3 Å². The molecule has 0 atom stereocenters. The third-order valence-electron chi connectivity index (χ3n) is 2.92. The highest BCUT2D eigenvalue weighted by Crippen LogP contribution is 2.27. The molecule has 1 aliphatic rings. The van der Waals surface area contributed by atoms with Crippen LogP contribution in [0.3, 0.4) is 0 Å². The summed E-state index contributed by atoms with van der Waals surface area (Å²) in [4.78, 5) is 17.6. The van der Waals surface area contributed by atoms with E-state index in [1.807, 2.05) is 6.07 Å². The quantitative estimate of drug-likeness (QED) is 0.794. The molecule has 2 heterocycles. The molecule has 0 bridgehead atoms. The number of halogens is 1. The third kappa shape index (κ3) is 2.35. The Kier molecular flexibility index (Phi) is 3.44. The van der Waals surface area contributed by atoms with Gasteiger partial charge < -0.3 is 4.90 Å². The van der Waals surface area contributed by atoms with Crippen LogP contribution in [0.4, 0.5) is 5.69 Å². The lowest BCUT2D eigenvalue weighted by atomic mass is 10.1. The average Bonchev–Trinajstić information content (AvgIpc) is 2.31. The molecule has 0 aliphatic carbocycles. The normalized spacial score (nSPS) is 16.6. The molecule has 0 saturated carbocycles. The molecule has 1 aliphatic heterocycles. The number of aryl methyl sites for hydroxylation is 1. The van der Waals surface area contributed by atoms with Gasteiger partial charge in [-0.25, -0.2) is 0 Å². The molecule has 0 spiro atoms. The van der Waals surface area contributed by atoms with Crippen LogP contribution in [0.25, 0.3) is 0 Å². The van der Waals surface area contributed by atoms with E-state index in [9.17, 15) is 4.79 Å². The molecule has 1 fully saturated rings. The van der Waals surface area contributed by atoms with Crippen molar-refractivity contribution in [2.45, 2.75) is 26.2 Å². The second-order valence-electron chi connectivity index (χ2n) is 4.01. The second-order valence-corrected chi connectivity index (χ2v) is 4.41. The van der Waals surface area contributed by atoms with Gasteiger partial charge in [0, 0.05) is 37.8 Å². The average molecular weight is 239 g/mol. The first kappa shape index (κ1) is 11.4. The highest BCUT2D eigenvalue weighted by atomic mass is 35.5. The Morgan fingerprint density at radius 1 is 1.44 bits per heavy atom. The van der Waals surface area contributed by atoms with E-state index in [2.05, 4.69) is 16.8 Å². The van der Waals surface area contributed by atoms with Crippen LogP contribution in [0.2, 0.25) is 5.02 Å². The van der Waals surface area contributed by atoms with Crippen molar-refractivity contribution in [1.29, 1.82) is 0 Å². The molecule has 86 valence electrons. The van der Waals surface area contributed by atoms with Gasteiger partial charge in [0.15, 0.2) is 0 Å². The zero-order valence-corrected chi connectivity index (χ0v) is 10.1. The number of ketones is 1. The molecular weight excluding hydrogens is 224 g/mol. The molecule has 1 aromatic rings. The number of hydrogen-bond acceptors (Lipinski definition) is 3. The van der Waals surface area contributed by atoms with Crippen molar-refractivity contribution < 1.29 is 4.79 Å². The number of pyridine rings is 1. The van der Waals surface area contributed by atoms with Crippen LogP contribution < -0.4 is 4.90 Å². The van der Waals surface area contributed by atoms with Gasteiger partial charge in [-0.1, -0.05) is 18.5 Å². The Labute approximate surface area is 100 Å². The van der Waals surface area contributed by atoms with Gasteiger partial charge in [0.1, 0.15) is 5.78 Å². The lowest BCUT2D eigenvalue weighted by molar-refractivity contribution is -0.119. The van der Waals surface area contributed by atoms with Crippen LogP contribution in [-0.4, -0.2) is 23.9 Å². The molecule has 0 unspecified atom stereocenters. The number of anilines is 1. The fraction of sp³-hybridized carbons (Fsp3) is 0.500. The molecular formula is C12H15ClN2O. The fourth-order valence-corrected chi connectivity index (χ4v) is 2.13. The number of Topliss-reactive ketones (excluding diaryl/α,β-unsaturated/α-hetero) is 1. The van der Waals surface area contributed by atoms with Crippen LogP contribution in [0, 0.1) is 0 Å². The molecule has 2 rings (SSSR count). The predicted octanol–water partition coefficient (Wildman–Crippen LogP) is 2.47. The lowest BCUT2D eigenvalue weighted by Crippen LogP contribution is -2.34. The standard InChI is InChI=1S/C12H15ClN2O/c1-2-9-7-12(11(13)8-14-9)15-5-3-10(16)4-6-15/h7-8H,2-6H2,1H3. The third-order valence-corrected chi connectivity index (χ3v) is 3.21. The molecule has 16 heavy (non-hydrogen) atoms. The van der Waals surface area contributed by atoms with Gasteiger partial charge in [-0.2, -0.15) is 0 Å². The van der Waals surface area contributed by atoms with E-state index in [1.165, 1.54) is 0 Å². The Morgan fingerprint density at radius 3 is 2.75 bits per heavy atom. The van der Waals surface area contributed by atoms with Crippen molar-refractivity contribution in [3.05, 3.63) is 23.0 Å². The Hall–Kier alpha value is -1.09. The first-order chi connectivity index (χ1) is 7.70. The van der Waals surface area contributed by atoms with Gasteiger partial charge >= 0.3 is 0 Å². The Balaban J connectivity index is 2.22. The number of nitrogens with zero attached hydrogens (tertiary/aromatic N) is 2. The predicted molar refractivity (Wildman–Crippen MR) is 65.1 cm³/mol. The summed E-state index contributed by atoms with van der Waals surface area (Å²) >= 11 is 6.13. The summed E-state index contributed by atoms with van der Waals surface area (Å²) in [6, 6.07) is 2.03. The van der Waals surface area contributed by atoms with Crippen molar-refractivity contribution in [3.63, 3.8) is 0 Å². The maximum absolute atomic E-state index is 11.2. The molecule has 0 radical (unpaired) electrons. The topological polar surface area (TPSA) is 33.2 Å². The van der Waals surface area contributed by atoms with Gasteiger partial charge in [0.05, 0.1) is 10.7 Å². The fourth-order valence-electron chi connectivity index (χ4n) is 1.90. The first-order valence-electron chi connectivity index (χ1n) is 5.61. The summed E-state index contributed by atoms with van der Waals surface area (Å²) in [5.74, 6) is 0.345. The van der Waals surface area contributed by atoms with Gasteiger partial charge in [0.2, 0.25) is 0 Å². The largest absolute Gasteiger partial charge is 0.369 e. The monoisotopic (exact) mass is 238 g/mol. The van der Waals surface area contributed by atoms with Crippen LogP contribution in [-0.2, 0) is 11.2 Å². The van der Waals surface area contributed by atoms with Gasteiger partial charge in [-0.3, -0.25) is 9.78 Å². The molecule has 3 nitrogen and oxygen atoms in total. The molecule has 1 aromatic heterocycles. The van der Waals surface area contributed by atoms with Crippen LogP contribution in [0.1, 0.15) is 25.5 Å². The van der Waals surface area contributed by atoms with Crippen molar-refractivity contribution in [2.24, 2.45) is 0 Å². The summed E-state index contributed by atoms with van der Waals surface area (Å²) in [5.41, 5.74) is 2.05. The van der Waals surface area contributed by atoms with E-state index in [0.29, 0.717) is 23.6 Å². The summed E-state index contributed by atoms with van der Waals surface area (Å²) in [7, 11) is 0. The molecule has 4 heteroatoms. The number of piperidine rings is 1. The number of carbonyl (C=O) groups excluding carboxylic acids is 1. The smallest absolute Gasteiger partial charge is 0.136 e. The lowest BCUT2D eigenvalue weighted by Gasteiger charge is -2.29. The minimum absolute atomic E-state index is 0.345. The van der Waals surface area contributed by atoms with E-state index in [4.69, 9.17) is 11.6 Å². The number of hydrogen-bond donors (Lipinski definition) is 0. The van der Waals surface area contributed by atoms with E-state index >= 15 is 0 Å². The minimum atomic E-state index is 0.345. The number of rotatable bonds is 2. The molecule has 0 N–H and O–H groups in total. The zero-order chi connectivity index (χ0) is 11.5. The van der Waals surface area contributed by atoms with Crippen LogP contribution >= 0.6 is 11.6 Å². The Bertz CT molecular complexity index is 396. The van der Waals surface area contributed by atoms with E-state index in [0.717, 1.165) is 30.9 Å². The number of aromatic nitrogens is 1. The van der Waals surface area contributed by atoms with E-state index < -0.39 is 0 Å². The molecule has 0 amide bonds. The summed E-state index contributed by atoms with van der Waals surface area (Å²) in [6.45, 7) is 3.61. The van der Waals surface area contributed by atoms with Crippen molar-refractivity contribution in [1.82, 2.24) is 4.98 Å². The van der Waals surface area contributed by atoms with Crippen LogP contribution in [0.5, 0.6) is 0 Å². The van der Waals surface area contributed by atoms with E-state index in [1.54, 1.807) is 6.20 Å². The van der Waals surface area contributed by atoms with Gasteiger partial charge in [0.25, 0.3) is 0 Å². The first-order valence-corrected chi connectivity index (χ1v) is 5.99. The highest BCUT2D eigenvalue weighted by molar-refractivity contribution is 6.33. The second kappa shape index (κ2) is 4.83. The maximum atomic E-state index is 11.2. The maximum Gasteiger partial charge on any atom is 0.136 e. The molecule has 0 aromatic carbocycles. The SMILES string of the molecule is CCc1cc(N2CCC(=O)CC2)c(Cl)cn1. The summed E-state index contributed by atoms with van der Waals surface area (Å²) < 4.78 is 0. The summed E-state index contributed by atoms with van der Waals surface area (Å²) in [5, 5.41) is 0.673. The highest BCUT2D eigenvalue weighted by Gasteiger charge is 2.18. The van der Waals surface area contributed by atoms with E-state index in [-0.39, 0.29) is 0 Å². The van der Waals surface area contributed by atoms with Crippen molar-refractivity contribution >= 4 is 23.1 Å². The zero-order valence-electron chi connectivity index (χ0n) is 9.37. The van der Waals surface area contributed by atoms with Crippen molar-refractivity contribution in [2.75, 3.05) is 18.0 Å². The van der Waals surface area contributed by atoms with Crippen molar-refractivity contribution in [3.8, 4) is 0 Å². The summed E-state index contributed by atoms with van der Waals surface area (Å²) in [6.07, 6.45) is 3.85. The molecule has 1 saturated heterocycles.